The number of hydrogen-bond acceptors (Lipinski definition) is 4. The number of benzene rings is 1. The van der Waals surface area contributed by atoms with Crippen molar-refractivity contribution in [2.45, 2.75) is 39.8 Å². The van der Waals surface area contributed by atoms with Gasteiger partial charge in [-0.15, -0.1) is 0 Å². The first-order valence-corrected chi connectivity index (χ1v) is 8.07. The molecule has 1 amide bonds. The largest absolute Gasteiger partial charge is 0.497 e. The van der Waals surface area contributed by atoms with Crippen LogP contribution in [0.3, 0.4) is 0 Å². The highest BCUT2D eigenvalue weighted by Gasteiger charge is 2.20. The number of amides is 1. The molecular formula is C18H25N3O3. The highest BCUT2D eigenvalue weighted by molar-refractivity contribution is 5.95. The van der Waals surface area contributed by atoms with E-state index in [0.717, 1.165) is 18.7 Å². The van der Waals surface area contributed by atoms with Gasteiger partial charge in [-0.05, 0) is 37.0 Å². The Bertz CT molecular complexity index is 695. The maximum absolute atomic E-state index is 12.3. The van der Waals surface area contributed by atoms with E-state index in [0.29, 0.717) is 22.9 Å². The summed E-state index contributed by atoms with van der Waals surface area (Å²) in [5.74, 6) is 0.688. The highest BCUT2D eigenvalue weighted by Crippen LogP contribution is 2.22. The molecule has 1 aromatic carbocycles. The zero-order valence-electron chi connectivity index (χ0n) is 14.6. The van der Waals surface area contributed by atoms with Crippen molar-refractivity contribution in [3.05, 3.63) is 41.7 Å². The average Bonchev–Trinajstić information content (AvgIpc) is 2.92. The summed E-state index contributed by atoms with van der Waals surface area (Å²) in [6, 6.07) is 6.83. The molecule has 6 heteroatoms. The molecule has 130 valence electrons. The fourth-order valence-electron chi connectivity index (χ4n) is 2.34. The molecule has 0 aliphatic heterocycles. The molecule has 0 radical (unpaired) electrons. The van der Waals surface area contributed by atoms with Gasteiger partial charge in [0.15, 0.2) is 6.10 Å². The quantitative estimate of drug-likeness (QED) is 0.818. The molecule has 1 aromatic heterocycles. The summed E-state index contributed by atoms with van der Waals surface area (Å²) in [6.07, 6.45) is 1.37. The molecular weight excluding hydrogens is 306 g/mol. The van der Waals surface area contributed by atoms with Crippen molar-refractivity contribution in [1.82, 2.24) is 9.78 Å². The average molecular weight is 331 g/mol. The van der Waals surface area contributed by atoms with Gasteiger partial charge in [0.25, 0.3) is 5.91 Å². The zero-order valence-corrected chi connectivity index (χ0v) is 14.6. The lowest BCUT2D eigenvalue weighted by Gasteiger charge is -2.13. The van der Waals surface area contributed by atoms with E-state index in [2.05, 4.69) is 24.3 Å². The summed E-state index contributed by atoms with van der Waals surface area (Å²) >= 11 is 0. The third-order valence-electron chi connectivity index (χ3n) is 3.94. The first kappa shape index (κ1) is 18.0. The molecule has 0 saturated carbocycles. The van der Waals surface area contributed by atoms with Crippen LogP contribution in [0.1, 0.15) is 37.6 Å². The standard InChI is InChI=1S/C18H25N3O3/c1-12(2)8-9-21-13(3)16(11-19-21)20-18(23)17(22)14-6-5-7-15(10-14)24-4/h5-7,10-12,17,22H,8-9H2,1-4H3,(H,20,23). The molecule has 2 N–H and O–H groups in total. The van der Waals surface area contributed by atoms with E-state index in [1.165, 1.54) is 0 Å². The Morgan fingerprint density at radius 1 is 1.42 bits per heavy atom. The highest BCUT2D eigenvalue weighted by atomic mass is 16.5. The Kier molecular flexibility index (Phi) is 5.98. The zero-order chi connectivity index (χ0) is 17.7. The van der Waals surface area contributed by atoms with E-state index in [1.807, 2.05) is 11.6 Å². The first-order chi connectivity index (χ1) is 11.4. The molecule has 0 bridgehead atoms. The Hall–Kier alpha value is -2.34. The van der Waals surface area contributed by atoms with Gasteiger partial charge in [0, 0.05) is 6.54 Å². The second-order valence-corrected chi connectivity index (χ2v) is 6.22. The van der Waals surface area contributed by atoms with Crippen LogP contribution in [0.25, 0.3) is 0 Å². The number of nitrogens with zero attached hydrogens (tertiary/aromatic N) is 2. The number of ether oxygens (including phenoxy) is 1. The van der Waals surface area contributed by atoms with E-state index < -0.39 is 12.0 Å². The van der Waals surface area contributed by atoms with Crippen LogP contribution in [0.15, 0.2) is 30.5 Å². The molecule has 2 rings (SSSR count). The van der Waals surface area contributed by atoms with Crippen LogP contribution in [0.2, 0.25) is 0 Å². The third kappa shape index (κ3) is 4.35. The number of rotatable bonds is 7. The molecule has 0 aliphatic rings. The monoisotopic (exact) mass is 331 g/mol. The third-order valence-corrected chi connectivity index (χ3v) is 3.94. The molecule has 0 saturated heterocycles. The smallest absolute Gasteiger partial charge is 0.257 e. The van der Waals surface area contributed by atoms with Crippen LogP contribution in [-0.2, 0) is 11.3 Å². The lowest BCUT2D eigenvalue weighted by Crippen LogP contribution is -2.21. The molecule has 0 aliphatic carbocycles. The lowest BCUT2D eigenvalue weighted by molar-refractivity contribution is -0.124. The number of nitrogens with one attached hydrogen (secondary N) is 1. The maximum Gasteiger partial charge on any atom is 0.257 e. The summed E-state index contributed by atoms with van der Waals surface area (Å²) in [6.45, 7) is 7.02. The first-order valence-electron chi connectivity index (χ1n) is 8.07. The minimum absolute atomic E-state index is 0.483. The number of methoxy groups -OCH3 is 1. The summed E-state index contributed by atoms with van der Waals surface area (Å²) in [4.78, 5) is 12.3. The van der Waals surface area contributed by atoms with Crippen LogP contribution >= 0.6 is 0 Å². The second-order valence-electron chi connectivity index (χ2n) is 6.22. The Balaban J connectivity index is 2.06. The summed E-state index contributed by atoms with van der Waals surface area (Å²) in [5, 5.41) is 17.3. The molecule has 1 unspecified atom stereocenters. The Morgan fingerprint density at radius 2 is 2.17 bits per heavy atom. The molecule has 24 heavy (non-hydrogen) atoms. The molecule has 1 heterocycles. The van der Waals surface area contributed by atoms with Crippen LogP contribution in [0.4, 0.5) is 5.69 Å². The maximum atomic E-state index is 12.3. The number of anilines is 1. The van der Waals surface area contributed by atoms with Crippen LogP contribution in [0.5, 0.6) is 5.75 Å². The minimum atomic E-state index is -1.27. The predicted octanol–water partition coefficient (Wildman–Crippen LogP) is 2.92. The van der Waals surface area contributed by atoms with Crippen molar-refractivity contribution in [2.24, 2.45) is 5.92 Å². The van der Waals surface area contributed by atoms with Gasteiger partial charge < -0.3 is 15.2 Å². The number of aromatic nitrogens is 2. The lowest BCUT2D eigenvalue weighted by atomic mass is 10.1. The van der Waals surface area contributed by atoms with Crippen molar-refractivity contribution in [3.8, 4) is 5.75 Å². The minimum Gasteiger partial charge on any atom is -0.497 e. The van der Waals surface area contributed by atoms with Gasteiger partial charge in [-0.1, -0.05) is 26.0 Å². The molecule has 0 spiro atoms. The number of carbonyl (C=O) groups excluding carboxylic acids is 1. The summed E-state index contributed by atoms with van der Waals surface area (Å²) < 4.78 is 6.98. The van der Waals surface area contributed by atoms with Crippen LogP contribution in [-0.4, -0.2) is 27.9 Å². The van der Waals surface area contributed by atoms with E-state index in [4.69, 9.17) is 4.74 Å². The van der Waals surface area contributed by atoms with Crippen LogP contribution in [0, 0.1) is 12.8 Å². The van der Waals surface area contributed by atoms with E-state index >= 15 is 0 Å². The summed E-state index contributed by atoms with van der Waals surface area (Å²) in [5.41, 5.74) is 1.98. The van der Waals surface area contributed by atoms with Crippen LogP contribution < -0.4 is 10.1 Å². The fraction of sp³-hybridized carbons (Fsp3) is 0.444. The number of carbonyl (C=O) groups is 1. The van der Waals surface area contributed by atoms with Gasteiger partial charge in [-0.25, -0.2) is 0 Å². The molecule has 2 aromatic rings. The van der Waals surface area contributed by atoms with Gasteiger partial charge in [0.1, 0.15) is 5.75 Å². The number of aliphatic hydroxyl groups excluding tert-OH is 1. The molecule has 6 nitrogen and oxygen atoms in total. The summed E-state index contributed by atoms with van der Waals surface area (Å²) in [7, 11) is 1.54. The second kappa shape index (κ2) is 7.97. The van der Waals surface area contributed by atoms with Gasteiger partial charge in [0.05, 0.1) is 24.7 Å². The van der Waals surface area contributed by atoms with Crippen molar-refractivity contribution in [1.29, 1.82) is 0 Å². The SMILES string of the molecule is COc1cccc(C(O)C(=O)Nc2cnn(CCC(C)C)c2C)c1. The fourth-order valence-corrected chi connectivity index (χ4v) is 2.34. The van der Waals surface area contributed by atoms with E-state index in [1.54, 1.807) is 37.6 Å². The van der Waals surface area contributed by atoms with Crippen molar-refractivity contribution < 1.29 is 14.6 Å². The Morgan fingerprint density at radius 3 is 2.83 bits per heavy atom. The van der Waals surface area contributed by atoms with Crippen molar-refractivity contribution in [3.63, 3.8) is 0 Å². The number of hydrogen-bond donors (Lipinski definition) is 2. The van der Waals surface area contributed by atoms with Gasteiger partial charge in [-0.2, -0.15) is 5.10 Å². The van der Waals surface area contributed by atoms with Gasteiger partial charge in [-0.3, -0.25) is 9.48 Å². The van der Waals surface area contributed by atoms with Gasteiger partial charge in [0.2, 0.25) is 0 Å². The predicted molar refractivity (Wildman–Crippen MR) is 93.0 cm³/mol. The Labute approximate surface area is 142 Å². The number of aliphatic hydroxyl groups is 1. The molecule has 0 fully saturated rings. The van der Waals surface area contributed by atoms with Crippen molar-refractivity contribution in [2.75, 3.05) is 12.4 Å². The van der Waals surface area contributed by atoms with Crippen molar-refractivity contribution >= 4 is 11.6 Å². The topological polar surface area (TPSA) is 76.4 Å². The van der Waals surface area contributed by atoms with E-state index in [-0.39, 0.29) is 0 Å². The van der Waals surface area contributed by atoms with Gasteiger partial charge >= 0.3 is 0 Å². The molecule has 1 atom stereocenters. The van der Waals surface area contributed by atoms with E-state index in [9.17, 15) is 9.90 Å². The number of aryl methyl sites for hydroxylation is 1. The normalized spacial score (nSPS) is 12.2.